The van der Waals surface area contributed by atoms with Crippen molar-refractivity contribution in [2.75, 3.05) is 10.5 Å². The molecule has 10 heteroatoms. The molecular formula is C7H8N6O3S. The van der Waals surface area contributed by atoms with Crippen molar-refractivity contribution in [1.82, 2.24) is 20.1 Å². The second-order valence-corrected chi connectivity index (χ2v) is 4.71. The van der Waals surface area contributed by atoms with E-state index in [4.69, 9.17) is 5.73 Å². The van der Waals surface area contributed by atoms with Gasteiger partial charge in [0.05, 0.1) is 12.4 Å². The SMILES string of the molecule is Cc1noc(NS(=O)(=O)c2cnc(N)nc2)n1. The van der Waals surface area contributed by atoms with Crippen molar-refractivity contribution in [2.24, 2.45) is 0 Å². The van der Waals surface area contributed by atoms with E-state index < -0.39 is 10.0 Å². The summed E-state index contributed by atoms with van der Waals surface area (Å²) in [7, 11) is -3.84. The number of nitrogens with two attached hydrogens (primary N) is 1. The number of aromatic nitrogens is 4. The molecule has 0 spiro atoms. The minimum atomic E-state index is -3.84. The molecule has 90 valence electrons. The van der Waals surface area contributed by atoms with Gasteiger partial charge in [0.25, 0.3) is 10.0 Å². The average Bonchev–Trinajstić information content (AvgIpc) is 2.63. The Labute approximate surface area is 96.1 Å². The first kappa shape index (κ1) is 11.3. The van der Waals surface area contributed by atoms with Crippen molar-refractivity contribution >= 4 is 22.0 Å². The largest absolute Gasteiger partial charge is 0.368 e. The van der Waals surface area contributed by atoms with E-state index in [1.807, 2.05) is 0 Å². The molecule has 0 aliphatic rings. The number of anilines is 2. The molecule has 9 nitrogen and oxygen atoms in total. The van der Waals surface area contributed by atoms with Crippen molar-refractivity contribution in [3.63, 3.8) is 0 Å². The van der Waals surface area contributed by atoms with Crippen LogP contribution >= 0.6 is 0 Å². The molecule has 0 aliphatic carbocycles. The predicted molar refractivity (Wildman–Crippen MR) is 56.3 cm³/mol. The molecule has 0 radical (unpaired) electrons. The van der Waals surface area contributed by atoms with Gasteiger partial charge in [-0.05, 0) is 6.92 Å². The Hall–Kier alpha value is -2.23. The highest BCUT2D eigenvalue weighted by Crippen LogP contribution is 2.12. The number of aryl methyl sites for hydroxylation is 1. The lowest BCUT2D eigenvalue weighted by molar-refractivity contribution is 0.429. The number of rotatable bonds is 3. The number of hydrogen-bond donors (Lipinski definition) is 2. The molecule has 0 saturated carbocycles. The zero-order chi connectivity index (χ0) is 12.5. The highest BCUT2D eigenvalue weighted by atomic mass is 32.2. The van der Waals surface area contributed by atoms with Gasteiger partial charge in [-0.3, -0.25) is 0 Å². The Morgan fingerprint density at radius 2 is 2.00 bits per heavy atom. The van der Waals surface area contributed by atoms with E-state index in [0.29, 0.717) is 5.82 Å². The molecule has 2 rings (SSSR count). The summed E-state index contributed by atoms with van der Waals surface area (Å²) in [5, 5.41) is 3.44. The summed E-state index contributed by atoms with van der Waals surface area (Å²) in [6, 6.07) is -0.223. The van der Waals surface area contributed by atoms with E-state index in [1.165, 1.54) is 0 Å². The van der Waals surface area contributed by atoms with Crippen LogP contribution in [0.3, 0.4) is 0 Å². The van der Waals surface area contributed by atoms with Crippen LogP contribution in [0, 0.1) is 6.92 Å². The monoisotopic (exact) mass is 256 g/mol. The number of nitrogens with zero attached hydrogens (tertiary/aromatic N) is 4. The summed E-state index contributed by atoms with van der Waals surface area (Å²) in [5.41, 5.74) is 5.25. The second-order valence-electron chi connectivity index (χ2n) is 3.03. The lowest BCUT2D eigenvalue weighted by atomic mass is 10.7. The Morgan fingerprint density at radius 3 is 2.53 bits per heavy atom. The third-order valence-electron chi connectivity index (χ3n) is 1.71. The quantitative estimate of drug-likeness (QED) is 0.753. The number of sulfonamides is 1. The maximum Gasteiger partial charge on any atom is 0.335 e. The summed E-state index contributed by atoms with van der Waals surface area (Å²) >= 11 is 0. The van der Waals surface area contributed by atoms with Crippen LogP contribution in [-0.2, 0) is 10.0 Å². The Bertz CT molecular complexity index is 619. The fraction of sp³-hybridized carbons (Fsp3) is 0.143. The molecule has 2 heterocycles. The van der Waals surface area contributed by atoms with Gasteiger partial charge in [-0.1, -0.05) is 5.16 Å². The molecule has 0 aromatic carbocycles. The van der Waals surface area contributed by atoms with Gasteiger partial charge in [0.15, 0.2) is 5.82 Å². The van der Waals surface area contributed by atoms with E-state index >= 15 is 0 Å². The molecule has 2 aromatic rings. The molecule has 0 atom stereocenters. The number of nitrogen functional groups attached to an aromatic ring is 1. The topological polar surface area (TPSA) is 137 Å². The van der Waals surface area contributed by atoms with Crippen LogP contribution in [0.1, 0.15) is 5.82 Å². The summed E-state index contributed by atoms with van der Waals surface area (Å²) in [5.74, 6) is 0.300. The average molecular weight is 256 g/mol. The van der Waals surface area contributed by atoms with Crippen LogP contribution in [0.25, 0.3) is 0 Å². The highest BCUT2D eigenvalue weighted by Gasteiger charge is 2.18. The van der Waals surface area contributed by atoms with Crippen molar-refractivity contribution in [3.05, 3.63) is 18.2 Å². The van der Waals surface area contributed by atoms with Gasteiger partial charge in [0.1, 0.15) is 4.90 Å². The smallest absolute Gasteiger partial charge is 0.335 e. The van der Waals surface area contributed by atoms with Gasteiger partial charge in [-0.2, -0.15) is 4.98 Å². The standard InChI is InChI=1S/C7H8N6O3S/c1-4-11-7(16-12-4)13-17(14,15)5-2-9-6(8)10-3-5/h2-3H,1H3,(H2,8,9,10)(H,11,12,13). The Morgan fingerprint density at radius 1 is 1.35 bits per heavy atom. The van der Waals surface area contributed by atoms with Crippen LogP contribution in [0.2, 0.25) is 0 Å². The van der Waals surface area contributed by atoms with Gasteiger partial charge in [0.2, 0.25) is 5.95 Å². The van der Waals surface area contributed by atoms with E-state index in [-0.39, 0.29) is 16.9 Å². The zero-order valence-corrected chi connectivity index (χ0v) is 9.47. The van der Waals surface area contributed by atoms with Gasteiger partial charge < -0.3 is 10.3 Å². The van der Waals surface area contributed by atoms with Crippen LogP contribution in [0.15, 0.2) is 21.8 Å². The van der Waals surface area contributed by atoms with Crippen molar-refractivity contribution in [2.45, 2.75) is 11.8 Å². The third-order valence-corrected chi connectivity index (χ3v) is 2.98. The van der Waals surface area contributed by atoms with E-state index in [0.717, 1.165) is 12.4 Å². The minimum absolute atomic E-state index is 0.0161. The molecule has 0 unspecified atom stereocenters. The fourth-order valence-electron chi connectivity index (χ4n) is 0.977. The fourth-order valence-corrected chi connectivity index (χ4v) is 1.79. The third kappa shape index (κ3) is 2.47. The van der Waals surface area contributed by atoms with E-state index in [9.17, 15) is 8.42 Å². The van der Waals surface area contributed by atoms with Crippen molar-refractivity contribution in [3.8, 4) is 0 Å². The molecule has 2 aromatic heterocycles. The molecular weight excluding hydrogens is 248 g/mol. The first-order chi connectivity index (χ1) is 7.97. The van der Waals surface area contributed by atoms with Gasteiger partial charge in [-0.25, -0.2) is 23.1 Å². The first-order valence-electron chi connectivity index (χ1n) is 4.38. The molecule has 3 N–H and O–H groups in total. The molecule has 0 aliphatic heterocycles. The van der Waals surface area contributed by atoms with E-state index in [1.54, 1.807) is 6.92 Å². The van der Waals surface area contributed by atoms with Crippen LogP contribution in [0.5, 0.6) is 0 Å². The van der Waals surface area contributed by atoms with Gasteiger partial charge in [-0.15, -0.1) is 0 Å². The summed E-state index contributed by atoms with van der Waals surface area (Å²) in [6.45, 7) is 1.56. The maximum atomic E-state index is 11.8. The molecule has 0 saturated heterocycles. The maximum absolute atomic E-state index is 11.8. The van der Waals surface area contributed by atoms with E-state index in [2.05, 4.69) is 29.4 Å². The first-order valence-corrected chi connectivity index (χ1v) is 5.86. The lowest BCUT2D eigenvalue weighted by Crippen LogP contribution is -2.14. The normalized spacial score (nSPS) is 11.4. The summed E-state index contributed by atoms with van der Waals surface area (Å²) < 4.78 is 30.2. The highest BCUT2D eigenvalue weighted by molar-refractivity contribution is 7.92. The Balaban J connectivity index is 2.28. The van der Waals surface area contributed by atoms with Crippen molar-refractivity contribution < 1.29 is 12.9 Å². The summed E-state index contributed by atoms with van der Waals surface area (Å²) in [4.78, 5) is 10.7. The second kappa shape index (κ2) is 3.97. The van der Waals surface area contributed by atoms with Gasteiger partial charge >= 0.3 is 6.01 Å². The van der Waals surface area contributed by atoms with Crippen LogP contribution in [0.4, 0.5) is 12.0 Å². The minimum Gasteiger partial charge on any atom is -0.368 e. The summed E-state index contributed by atoms with van der Waals surface area (Å²) in [6.07, 6.45) is 2.15. The van der Waals surface area contributed by atoms with Crippen LogP contribution in [-0.4, -0.2) is 28.5 Å². The molecule has 0 bridgehead atoms. The zero-order valence-electron chi connectivity index (χ0n) is 8.65. The van der Waals surface area contributed by atoms with Crippen molar-refractivity contribution in [1.29, 1.82) is 0 Å². The molecule has 17 heavy (non-hydrogen) atoms. The number of nitrogens with one attached hydrogen (secondary N) is 1. The lowest BCUT2D eigenvalue weighted by Gasteiger charge is -2.02. The Kier molecular flexibility index (Phi) is 2.63. The predicted octanol–water partition coefficient (Wildman–Crippen LogP) is -0.449. The number of hydrogen-bond acceptors (Lipinski definition) is 8. The molecule has 0 fully saturated rings. The molecule has 0 amide bonds. The van der Waals surface area contributed by atoms with Gasteiger partial charge in [0, 0.05) is 0 Å². The van der Waals surface area contributed by atoms with Crippen LogP contribution < -0.4 is 10.5 Å².